The zero-order valence-corrected chi connectivity index (χ0v) is 14.2. The van der Waals surface area contributed by atoms with Gasteiger partial charge in [-0.3, -0.25) is 18.5 Å². The first-order valence-corrected chi connectivity index (χ1v) is 7.89. The largest absolute Gasteiger partial charge is 0.332 e. The van der Waals surface area contributed by atoms with Crippen molar-refractivity contribution in [2.75, 3.05) is 12.1 Å². The van der Waals surface area contributed by atoms with Crippen molar-refractivity contribution in [3.05, 3.63) is 20.8 Å². The van der Waals surface area contributed by atoms with E-state index in [4.69, 9.17) is 0 Å². The van der Waals surface area contributed by atoms with Crippen molar-refractivity contribution >= 4 is 22.8 Å². The number of rotatable bonds is 3. The molecule has 2 aromatic heterocycles. The fourth-order valence-electron chi connectivity index (χ4n) is 2.99. The quantitative estimate of drug-likeness (QED) is 0.848. The van der Waals surface area contributed by atoms with Gasteiger partial charge in [0.05, 0.1) is 11.8 Å². The molecule has 0 saturated heterocycles. The van der Waals surface area contributed by atoms with Gasteiger partial charge in [0, 0.05) is 20.6 Å². The number of fused-ring (bicyclic) bond motifs is 3. The van der Waals surface area contributed by atoms with Gasteiger partial charge in [0.2, 0.25) is 5.95 Å². The van der Waals surface area contributed by atoms with E-state index in [0.717, 1.165) is 18.6 Å². The van der Waals surface area contributed by atoms with Crippen molar-refractivity contribution in [3.8, 4) is 0 Å². The zero-order valence-electron chi connectivity index (χ0n) is 14.2. The Morgan fingerprint density at radius 3 is 2.57 bits per heavy atom. The molecule has 124 valence electrons. The van der Waals surface area contributed by atoms with Crippen LogP contribution in [-0.4, -0.2) is 31.4 Å². The molecular formula is C15H22N6O2. The molecule has 3 heterocycles. The Balaban J connectivity index is 2.39. The van der Waals surface area contributed by atoms with Gasteiger partial charge in [0.1, 0.15) is 0 Å². The standard InChI is InChI=1S/C15H22N6O2/c1-6-7-8-20-13(22)11-12(18(4)15(20)23)16-14-19(5)17-9(2)10(3)21(11)14/h10H,6-8H2,1-5H3. The Morgan fingerprint density at radius 2 is 1.91 bits per heavy atom. The molecule has 0 saturated carbocycles. The molecule has 1 aliphatic rings. The Labute approximate surface area is 133 Å². The molecule has 3 rings (SSSR count). The number of unbranched alkanes of at least 4 members (excludes halogenated alkanes) is 1. The third-order valence-corrected chi connectivity index (χ3v) is 4.48. The van der Waals surface area contributed by atoms with Gasteiger partial charge >= 0.3 is 5.69 Å². The highest BCUT2D eigenvalue weighted by atomic mass is 16.2. The van der Waals surface area contributed by atoms with Gasteiger partial charge in [-0.25, -0.2) is 9.80 Å². The molecule has 1 atom stereocenters. The van der Waals surface area contributed by atoms with Crippen LogP contribution < -0.4 is 16.3 Å². The van der Waals surface area contributed by atoms with E-state index in [-0.39, 0.29) is 17.3 Å². The topological polar surface area (TPSA) is 77.4 Å². The lowest BCUT2D eigenvalue weighted by atomic mass is 10.2. The Bertz CT molecular complexity index is 917. The Morgan fingerprint density at radius 1 is 1.22 bits per heavy atom. The number of imidazole rings is 1. The summed E-state index contributed by atoms with van der Waals surface area (Å²) in [5.74, 6) is 0.582. The maximum atomic E-state index is 12.9. The summed E-state index contributed by atoms with van der Waals surface area (Å²) >= 11 is 0. The summed E-state index contributed by atoms with van der Waals surface area (Å²) in [4.78, 5) is 29.9. The molecule has 1 aliphatic heterocycles. The van der Waals surface area contributed by atoms with Crippen LogP contribution in [0.3, 0.4) is 0 Å². The summed E-state index contributed by atoms with van der Waals surface area (Å²) in [6.07, 6.45) is 1.71. The number of anilines is 1. The van der Waals surface area contributed by atoms with E-state index in [1.54, 1.807) is 19.1 Å². The van der Waals surface area contributed by atoms with Crippen LogP contribution in [0.25, 0.3) is 11.2 Å². The van der Waals surface area contributed by atoms with Gasteiger partial charge in [-0.2, -0.15) is 10.1 Å². The van der Waals surface area contributed by atoms with Gasteiger partial charge in [-0.1, -0.05) is 13.3 Å². The molecule has 1 unspecified atom stereocenters. The molecule has 0 aliphatic carbocycles. The normalized spacial score (nSPS) is 17.5. The predicted octanol–water partition coefficient (Wildman–Crippen LogP) is 1.08. The van der Waals surface area contributed by atoms with E-state index in [2.05, 4.69) is 10.1 Å². The fourth-order valence-corrected chi connectivity index (χ4v) is 2.99. The summed E-state index contributed by atoms with van der Waals surface area (Å²) in [5.41, 5.74) is 1.18. The first-order chi connectivity index (χ1) is 10.9. The SMILES string of the molecule is CCCCn1c(=O)c2c(nc3n2C(C)C(C)=NN3C)n(C)c1=O. The molecule has 8 heteroatoms. The van der Waals surface area contributed by atoms with Crippen molar-refractivity contribution in [2.45, 2.75) is 46.2 Å². The van der Waals surface area contributed by atoms with Crippen LogP contribution in [0.15, 0.2) is 14.7 Å². The van der Waals surface area contributed by atoms with Gasteiger partial charge in [-0.15, -0.1) is 0 Å². The Kier molecular flexibility index (Phi) is 3.62. The van der Waals surface area contributed by atoms with Gasteiger partial charge < -0.3 is 0 Å². The van der Waals surface area contributed by atoms with E-state index >= 15 is 0 Å². The minimum atomic E-state index is -0.320. The van der Waals surface area contributed by atoms with Gasteiger partial charge in [0.25, 0.3) is 5.56 Å². The third kappa shape index (κ3) is 2.12. The van der Waals surface area contributed by atoms with E-state index < -0.39 is 0 Å². The summed E-state index contributed by atoms with van der Waals surface area (Å²) in [6, 6.07) is -0.0731. The van der Waals surface area contributed by atoms with Crippen molar-refractivity contribution in [1.82, 2.24) is 18.7 Å². The summed E-state index contributed by atoms with van der Waals surface area (Å²) in [7, 11) is 3.45. The maximum absolute atomic E-state index is 12.9. The highest BCUT2D eigenvalue weighted by molar-refractivity contribution is 5.90. The van der Waals surface area contributed by atoms with Crippen molar-refractivity contribution in [1.29, 1.82) is 0 Å². The van der Waals surface area contributed by atoms with Crippen molar-refractivity contribution < 1.29 is 0 Å². The number of nitrogens with zero attached hydrogens (tertiary/aromatic N) is 6. The predicted molar refractivity (Wildman–Crippen MR) is 90.4 cm³/mol. The second-order valence-corrected chi connectivity index (χ2v) is 6.05. The lowest BCUT2D eigenvalue weighted by molar-refractivity contribution is 0.563. The van der Waals surface area contributed by atoms with Crippen LogP contribution in [0.5, 0.6) is 0 Å². The van der Waals surface area contributed by atoms with Crippen LogP contribution in [0.1, 0.15) is 39.7 Å². The smallest absolute Gasteiger partial charge is 0.294 e. The summed E-state index contributed by atoms with van der Waals surface area (Å²) in [5, 5.41) is 6.07. The number of aryl methyl sites for hydroxylation is 1. The molecule has 0 N–H and O–H groups in total. The molecule has 0 radical (unpaired) electrons. The average molecular weight is 318 g/mol. The first kappa shape index (κ1) is 15.5. The Hall–Kier alpha value is -2.38. The zero-order chi connectivity index (χ0) is 16.9. The van der Waals surface area contributed by atoms with Gasteiger partial charge in [-0.05, 0) is 20.3 Å². The summed E-state index contributed by atoms with van der Waals surface area (Å²) in [6.45, 7) is 6.37. The van der Waals surface area contributed by atoms with Crippen LogP contribution >= 0.6 is 0 Å². The van der Waals surface area contributed by atoms with Crippen LogP contribution in [0, 0.1) is 0 Å². The second kappa shape index (κ2) is 5.36. The lowest BCUT2D eigenvalue weighted by Gasteiger charge is -2.26. The monoisotopic (exact) mass is 318 g/mol. The molecule has 0 bridgehead atoms. The molecular weight excluding hydrogens is 296 g/mol. The van der Waals surface area contributed by atoms with Crippen molar-refractivity contribution in [3.63, 3.8) is 0 Å². The van der Waals surface area contributed by atoms with E-state index in [1.165, 1.54) is 9.13 Å². The highest BCUT2D eigenvalue weighted by Crippen LogP contribution is 2.28. The molecule has 0 spiro atoms. The molecule has 0 fully saturated rings. The number of hydrogen-bond donors (Lipinski definition) is 0. The third-order valence-electron chi connectivity index (χ3n) is 4.48. The highest BCUT2D eigenvalue weighted by Gasteiger charge is 2.28. The number of aromatic nitrogens is 4. The molecule has 23 heavy (non-hydrogen) atoms. The van der Waals surface area contributed by atoms with E-state index in [0.29, 0.717) is 23.7 Å². The number of hydrogen-bond acceptors (Lipinski definition) is 5. The summed E-state index contributed by atoms with van der Waals surface area (Å²) < 4.78 is 4.64. The maximum Gasteiger partial charge on any atom is 0.332 e. The van der Waals surface area contributed by atoms with E-state index in [9.17, 15) is 9.59 Å². The van der Waals surface area contributed by atoms with Gasteiger partial charge in [0.15, 0.2) is 11.2 Å². The minimum Gasteiger partial charge on any atom is -0.294 e. The second-order valence-electron chi connectivity index (χ2n) is 6.05. The van der Waals surface area contributed by atoms with Crippen molar-refractivity contribution in [2.24, 2.45) is 12.1 Å². The van der Waals surface area contributed by atoms with Crippen LogP contribution in [0.4, 0.5) is 5.95 Å². The average Bonchev–Trinajstić information content (AvgIpc) is 2.92. The van der Waals surface area contributed by atoms with Crippen LogP contribution in [-0.2, 0) is 13.6 Å². The van der Waals surface area contributed by atoms with E-state index in [1.807, 2.05) is 25.3 Å². The number of hydrazone groups is 1. The first-order valence-electron chi connectivity index (χ1n) is 7.89. The fraction of sp³-hybridized carbons (Fsp3) is 0.600. The molecule has 2 aromatic rings. The minimum absolute atomic E-state index is 0.0731. The lowest BCUT2D eigenvalue weighted by Crippen LogP contribution is -2.40. The molecule has 0 aromatic carbocycles. The molecule has 8 nitrogen and oxygen atoms in total. The van der Waals surface area contributed by atoms with Crippen LogP contribution in [0.2, 0.25) is 0 Å². The molecule has 0 amide bonds.